The fraction of sp³-hybridized carbons (Fsp3) is 0.375. The zero-order chi connectivity index (χ0) is 87.4. The van der Waals surface area contributed by atoms with Crippen LogP contribution in [0.5, 0.6) is 0 Å². The third kappa shape index (κ3) is 19.5. The molecule has 0 atom stereocenters. The highest BCUT2D eigenvalue weighted by Gasteiger charge is 2.29. The Morgan fingerprint density at radius 3 is 1.03 bits per heavy atom. The Kier molecular flexibility index (Phi) is 27.7. The highest BCUT2D eigenvalue weighted by molar-refractivity contribution is 5.97. The van der Waals surface area contributed by atoms with Crippen LogP contribution in [0, 0.1) is 122 Å². The molecule has 0 radical (unpaired) electrons. The van der Waals surface area contributed by atoms with Gasteiger partial charge in [-0.3, -0.25) is 0 Å². The minimum absolute atomic E-state index is 0.623. The summed E-state index contributed by atoms with van der Waals surface area (Å²) in [5.74, 6) is 3.34. The Morgan fingerprint density at radius 1 is 0.287 bits per heavy atom. The van der Waals surface area contributed by atoms with Crippen LogP contribution in [0.15, 0.2) is 183 Å². The average Bonchev–Trinajstić information content (AvgIpc) is 1.03. The first-order valence-corrected chi connectivity index (χ1v) is 45.0. The molecule has 15 aromatic rings. The first-order valence-electron chi connectivity index (χ1n) is 45.0. The molecule has 2 saturated carbocycles. The van der Waals surface area contributed by atoms with Crippen molar-refractivity contribution in [3.05, 3.63) is 295 Å². The molecule has 0 unspecified atom stereocenters. The molecular formula is C112H135N10+5. The Balaban J connectivity index is 0.000000131. The van der Waals surface area contributed by atoms with E-state index in [2.05, 4.69) is 365 Å². The van der Waals surface area contributed by atoms with Crippen LogP contribution in [-0.2, 0) is 54.5 Å². The number of aromatic nitrogens is 10. The lowest BCUT2D eigenvalue weighted by Gasteiger charge is -2.14. The number of hydrogen-bond acceptors (Lipinski definition) is 5. The van der Waals surface area contributed by atoms with Crippen molar-refractivity contribution in [1.29, 1.82) is 0 Å². The quantitative estimate of drug-likeness (QED) is 0.107. The number of nitrogens with zero attached hydrogens (tertiary/aromatic N) is 10. The van der Waals surface area contributed by atoms with Crippen LogP contribution in [0.3, 0.4) is 0 Å². The van der Waals surface area contributed by atoms with Crippen LogP contribution >= 0.6 is 0 Å². The lowest BCUT2D eigenvalue weighted by molar-refractivity contribution is -0.662. The topological polar surface area (TPSA) is 83.8 Å². The van der Waals surface area contributed by atoms with Crippen molar-refractivity contribution in [2.24, 2.45) is 53.0 Å². The van der Waals surface area contributed by atoms with Gasteiger partial charge in [0.05, 0.1) is 62.2 Å². The fourth-order valence-electron chi connectivity index (χ4n) is 19.4. The SMILES string of the molecule is Cc1cc(C)c(C)c(-c2c3cc(CC(C)C)ccc3nc[n+]2C)c1.Cc1cc(C)c(C)c(-c2c3ccc(C4CCCC4)cc3nc[n+]2C)c1.Cc1cc(C)c(C)c(-c2c3ccc(CC(C)C)cc3nc[n+]2C)c1.Cc1cc(C)c(C)c(-c2c3cccc(C4CCCC4)c3nc[n+]2C)c1.Cc1cc(C)c(C)c(-c2c3cccc(CC(C)C)c3nc[n+]2C)c1. The van der Waals surface area contributed by atoms with Crippen LogP contribution in [-0.4, -0.2) is 24.9 Å². The fourth-order valence-corrected chi connectivity index (χ4v) is 19.4. The largest absolute Gasteiger partial charge is 0.287 e. The van der Waals surface area contributed by atoms with Crippen LogP contribution < -0.4 is 22.8 Å². The number of rotatable bonds is 13. The molecule has 17 rings (SSSR count). The zero-order valence-electron chi connectivity index (χ0n) is 78.5. The molecule has 2 aliphatic rings. The van der Waals surface area contributed by atoms with E-state index in [9.17, 15) is 0 Å². The number of aryl methyl sites for hydroxylation is 15. The second-order valence-electron chi connectivity index (χ2n) is 37.6. The molecule has 122 heavy (non-hydrogen) atoms. The van der Waals surface area contributed by atoms with Crippen molar-refractivity contribution in [3.63, 3.8) is 0 Å². The Labute approximate surface area is 729 Å². The number of benzene rings is 10. The van der Waals surface area contributed by atoms with Gasteiger partial charge in [0, 0.05) is 38.9 Å². The van der Waals surface area contributed by atoms with Gasteiger partial charge in [0.2, 0.25) is 0 Å². The monoisotopic (exact) mass is 1620 g/mol. The van der Waals surface area contributed by atoms with E-state index in [4.69, 9.17) is 15.0 Å². The summed E-state index contributed by atoms with van der Waals surface area (Å²) >= 11 is 0. The number of hydrogen-bond donors (Lipinski definition) is 0. The lowest BCUT2D eigenvalue weighted by atomic mass is 9.91. The third-order valence-corrected chi connectivity index (χ3v) is 26.1. The maximum atomic E-state index is 4.85. The van der Waals surface area contributed by atoms with E-state index in [-0.39, 0.29) is 0 Å². The van der Waals surface area contributed by atoms with Crippen LogP contribution in [0.4, 0.5) is 0 Å². The number of para-hydroxylation sites is 2. The van der Waals surface area contributed by atoms with Crippen molar-refractivity contribution in [2.45, 2.75) is 228 Å². The maximum absolute atomic E-state index is 4.85. The van der Waals surface area contributed by atoms with Crippen LogP contribution in [0.25, 0.3) is 111 Å². The Hall–Kier alpha value is -11.1. The van der Waals surface area contributed by atoms with E-state index in [0.29, 0.717) is 23.7 Å². The molecule has 0 amide bonds. The van der Waals surface area contributed by atoms with Gasteiger partial charge in [0.15, 0.2) is 27.6 Å². The summed E-state index contributed by atoms with van der Waals surface area (Å²) in [5.41, 5.74) is 45.5. The molecule has 10 heteroatoms. The molecule has 0 aliphatic heterocycles. The second kappa shape index (κ2) is 38.1. The first kappa shape index (κ1) is 88.7. The van der Waals surface area contributed by atoms with Gasteiger partial charge in [0.25, 0.3) is 31.6 Å². The normalized spacial score (nSPS) is 13.0. The summed E-state index contributed by atoms with van der Waals surface area (Å²) < 4.78 is 10.8. The van der Waals surface area contributed by atoms with Gasteiger partial charge in [-0.1, -0.05) is 168 Å². The standard InChI is InChI=1S/2C23H27N2.3C22H27N2/c1-15-12-16(2)17(3)21(13-15)23-20-11-7-10-19(18-8-5-6-9-18)22(20)24-14-25(23)4;1-15-11-16(2)17(3)21(12-15)23-20-10-9-19(18-7-5-6-8-18)13-22(20)24-14-25(23)4;1-14(2)9-18-7-8-21-20(12-18)22(24(6)13-23-21)19-11-15(3)10-16(4)17(19)5;1-14(2)9-18-7-8-19-21(12-18)23-13-24(6)22(19)20-11-15(3)10-16(4)17(20)5;1-14(2)10-18-8-7-9-19-21(18)23-13-24(6)22(19)20-12-15(3)11-16(4)17(20)5/h7,10-14,18H,5-6,8-9H2,1-4H3;9-14,18H,5-8H2,1-4H3;2*7-8,10-14H,9H2,1-6H3;7-9,11-14H,10H2,1-6H3/q5*+1. The van der Waals surface area contributed by atoms with Crippen LogP contribution in [0.1, 0.15) is 216 Å². The van der Waals surface area contributed by atoms with E-state index in [1.165, 1.54) is 251 Å². The van der Waals surface area contributed by atoms with Crippen molar-refractivity contribution in [1.82, 2.24) is 24.9 Å². The zero-order valence-corrected chi connectivity index (χ0v) is 78.5. The third-order valence-electron chi connectivity index (χ3n) is 26.1. The maximum Gasteiger partial charge on any atom is 0.287 e. The highest BCUT2D eigenvalue weighted by Crippen LogP contribution is 2.42. The van der Waals surface area contributed by atoms with E-state index in [1.54, 1.807) is 0 Å². The summed E-state index contributed by atoms with van der Waals surface area (Å²) in [7, 11) is 10.5. The molecule has 10 aromatic carbocycles. The summed E-state index contributed by atoms with van der Waals surface area (Å²) in [4.78, 5) is 23.6. The van der Waals surface area contributed by atoms with Gasteiger partial charge in [-0.2, -0.15) is 0 Å². The van der Waals surface area contributed by atoms with Gasteiger partial charge in [-0.25, -0.2) is 22.8 Å². The second-order valence-corrected chi connectivity index (χ2v) is 37.6. The van der Waals surface area contributed by atoms with Gasteiger partial charge >= 0.3 is 0 Å². The van der Waals surface area contributed by atoms with Crippen molar-refractivity contribution < 1.29 is 22.8 Å². The van der Waals surface area contributed by atoms with E-state index in [1.807, 2.05) is 31.6 Å². The van der Waals surface area contributed by atoms with Crippen molar-refractivity contribution in [3.8, 4) is 56.3 Å². The molecule has 2 fully saturated rings. The minimum Gasteiger partial charge on any atom is -0.232 e. The smallest absolute Gasteiger partial charge is 0.232 e. The van der Waals surface area contributed by atoms with Gasteiger partial charge < -0.3 is 0 Å². The summed E-state index contributed by atoms with van der Waals surface area (Å²) in [5, 5.41) is 6.24. The molecule has 628 valence electrons. The van der Waals surface area contributed by atoms with E-state index in [0.717, 1.165) is 47.2 Å². The molecule has 2 aliphatic carbocycles. The van der Waals surface area contributed by atoms with Crippen molar-refractivity contribution in [2.75, 3.05) is 0 Å². The van der Waals surface area contributed by atoms with Gasteiger partial charge in [-0.05, 0) is 354 Å². The predicted octanol–water partition coefficient (Wildman–Crippen LogP) is 25.2. The van der Waals surface area contributed by atoms with E-state index < -0.39 is 0 Å². The first-order chi connectivity index (χ1) is 58.2. The molecule has 0 bridgehead atoms. The molecule has 5 heterocycles. The Morgan fingerprint density at radius 2 is 0.615 bits per heavy atom. The summed E-state index contributed by atoms with van der Waals surface area (Å²) in [6.45, 7) is 46.5. The molecule has 0 spiro atoms. The number of fused-ring (bicyclic) bond motifs is 5. The van der Waals surface area contributed by atoms with Crippen LogP contribution in [0.2, 0.25) is 0 Å². The molecular weight excluding hydrogens is 1490 g/mol. The molecule has 10 nitrogen and oxygen atoms in total. The average molecular weight is 1620 g/mol. The van der Waals surface area contributed by atoms with Gasteiger partial charge in [-0.15, -0.1) is 0 Å². The summed E-state index contributed by atoms with van der Waals surface area (Å²) in [6.07, 6.45) is 23.7. The van der Waals surface area contributed by atoms with Crippen molar-refractivity contribution >= 4 is 54.5 Å². The Bertz CT molecular complexity index is 6350. The van der Waals surface area contributed by atoms with Gasteiger partial charge in [0.1, 0.15) is 28.5 Å². The molecule has 0 N–H and O–H groups in total. The summed E-state index contributed by atoms with van der Waals surface area (Å²) in [6, 6.07) is 56.6. The lowest BCUT2D eigenvalue weighted by Crippen LogP contribution is -2.32. The highest BCUT2D eigenvalue weighted by atomic mass is 15.0. The molecule has 5 aromatic heterocycles. The predicted molar refractivity (Wildman–Crippen MR) is 511 cm³/mol. The molecule has 0 saturated heterocycles. The minimum atomic E-state index is 0.623. The van der Waals surface area contributed by atoms with E-state index >= 15 is 0 Å².